The molecule has 0 radical (unpaired) electrons. The quantitative estimate of drug-likeness (QED) is 0.241. The highest BCUT2D eigenvalue weighted by Gasteiger charge is 2.17. The Hall–Kier alpha value is -1.88. The highest BCUT2D eigenvalue weighted by molar-refractivity contribution is 6.20. The van der Waals surface area contributed by atoms with Crippen molar-refractivity contribution in [3.8, 4) is 5.75 Å². The molecular weight excluding hydrogens is 294 g/mol. The Morgan fingerprint density at radius 3 is 2.71 bits per heavy atom. The maximum Gasteiger partial charge on any atom is 0.312 e. The molecule has 0 spiro atoms. The van der Waals surface area contributed by atoms with Crippen LogP contribution in [0.3, 0.4) is 0 Å². The molecule has 1 aromatic rings. The van der Waals surface area contributed by atoms with Gasteiger partial charge in [0.1, 0.15) is 5.75 Å². The molecule has 0 aliphatic carbocycles. The Morgan fingerprint density at radius 1 is 1.48 bits per heavy atom. The van der Waals surface area contributed by atoms with Crippen molar-refractivity contribution in [2.24, 2.45) is 0 Å². The van der Waals surface area contributed by atoms with E-state index in [1.165, 1.54) is 13.0 Å². The first-order valence-electron chi connectivity index (χ1n) is 6.64. The number of alkyl halides is 1. The molecule has 1 atom stereocenters. The van der Waals surface area contributed by atoms with Crippen molar-refractivity contribution >= 4 is 23.5 Å². The molecule has 1 aromatic carbocycles. The molecule has 0 amide bonds. The third-order valence-corrected chi connectivity index (χ3v) is 2.99. The second kappa shape index (κ2) is 8.42. The fourth-order valence-electron chi connectivity index (χ4n) is 1.71. The van der Waals surface area contributed by atoms with Crippen LogP contribution in [0.25, 0.3) is 6.08 Å². The van der Waals surface area contributed by atoms with E-state index in [1.807, 2.05) is 6.92 Å². The summed E-state index contributed by atoms with van der Waals surface area (Å²) in [5, 5.41) is 10.9. The van der Waals surface area contributed by atoms with Gasteiger partial charge in [0.25, 0.3) is 0 Å². The highest BCUT2D eigenvalue weighted by Crippen LogP contribution is 2.22. The number of Topliss-reactive ketones (excluding diaryl/α,β-unsaturated/α-hetero) is 1. The van der Waals surface area contributed by atoms with Gasteiger partial charge >= 0.3 is 5.70 Å². The molecular formula is C15H18ClNO4. The zero-order valence-electron chi connectivity index (χ0n) is 12.0. The van der Waals surface area contributed by atoms with Crippen LogP contribution in [0.2, 0.25) is 0 Å². The highest BCUT2D eigenvalue weighted by atomic mass is 35.5. The first-order valence-corrected chi connectivity index (χ1v) is 7.08. The monoisotopic (exact) mass is 311 g/mol. The minimum atomic E-state index is -0.686. The summed E-state index contributed by atoms with van der Waals surface area (Å²) in [6.07, 6.45) is 2.85. The molecule has 0 saturated carbocycles. The molecule has 0 fully saturated rings. The van der Waals surface area contributed by atoms with E-state index in [-0.39, 0.29) is 5.38 Å². The number of hydrogen-bond acceptors (Lipinski definition) is 4. The first-order chi connectivity index (χ1) is 9.91. The molecule has 114 valence electrons. The topological polar surface area (TPSA) is 69.4 Å². The zero-order valence-corrected chi connectivity index (χ0v) is 12.8. The maximum absolute atomic E-state index is 11.3. The summed E-state index contributed by atoms with van der Waals surface area (Å²) >= 11 is 5.85. The van der Waals surface area contributed by atoms with E-state index in [0.717, 1.165) is 12.8 Å². The second-order valence-corrected chi connectivity index (χ2v) is 5.40. The van der Waals surface area contributed by atoms with Crippen molar-refractivity contribution in [1.29, 1.82) is 0 Å². The Balaban J connectivity index is 2.86. The minimum absolute atomic E-state index is 0.0857. The second-order valence-electron chi connectivity index (χ2n) is 4.65. The van der Waals surface area contributed by atoms with E-state index in [9.17, 15) is 14.9 Å². The molecule has 6 heteroatoms. The molecule has 5 nitrogen and oxygen atoms in total. The van der Waals surface area contributed by atoms with Gasteiger partial charge in [-0.05, 0) is 25.8 Å². The zero-order chi connectivity index (χ0) is 15.8. The number of ketones is 1. The molecule has 0 N–H and O–H groups in total. The van der Waals surface area contributed by atoms with E-state index in [4.69, 9.17) is 16.3 Å². The summed E-state index contributed by atoms with van der Waals surface area (Å²) in [7, 11) is 0. The van der Waals surface area contributed by atoms with Gasteiger partial charge in [0.2, 0.25) is 5.78 Å². The Morgan fingerprint density at radius 2 is 2.14 bits per heavy atom. The normalized spacial score (nSPS) is 12.8. The largest absolute Gasteiger partial charge is 0.493 e. The summed E-state index contributed by atoms with van der Waals surface area (Å²) in [4.78, 5) is 21.4. The van der Waals surface area contributed by atoms with Gasteiger partial charge in [-0.2, -0.15) is 0 Å². The number of nitro groups is 1. The van der Waals surface area contributed by atoms with Crippen LogP contribution in [0.5, 0.6) is 5.75 Å². The molecule has 0 aliphatic heterocycles. The number of carbonyl (C=O) groups excluding carboxylic acids is 1. The van der Waals surface area contributed by atoms with Crippen LogP contribution in [-0.4, -0.2) is 22.7 Å². The third-order valence-electron chi connectivity index (χ3n) is 2.77. The number of hydrogen-bond donors (Lipinski definition) is 0. The SMILES string of the molecule is CC(=O)/C(=C/c1ccccc1OCCCC(C)Cl)[N+](=O)[O-]. The van der Waals surface area contributed by atoms with Gasteiger partial charge in [-0.3, -0.25) is 14.9 Å². The first kappa shape index (κ1) is 17.2. The van der Waals surface area contributed by atoms with Gasteiger partial charge in [-0.15, -0.1) is 11.6 Å². The van der Waals surface area contributed by atoms with Gasteiger partial charge in [-0.25, -0.2) is 0 Å². The lowest BCUT2D eigenvalue weighted by molar-refractivity contribution is -0.417. The molecule has 0 saturated heterocycles. The minimum Gasteiger partial charge on any atom is -0.493 e. The number of carbonyl (C=O) groups is 1. The van der Waals surface area contributed by atoms with Crippen molar-refractivity contribution in [2.75, 3.05) is 6.61 Å². The fourth-order valence-corrected chi connectivity index (χ4v) is 1.86. The van der Waals surface area contributed by atoms with Crippen LogP contribution in [0.1, 0.15) is 32.3 Å². The van der Waals surface area contributed by atoms with Crippen molar-refractivity contribution < 1.29 is 14.5 Å². The van der Waals surface area contributed by atoms with Crippen LogP contribution < -0.4 is 4.74 Å². The van der Waals surface area contributed by atoms with Crippen LogP contribution in [-0.2, 0) is 4.79 Å². The number of para-hydroxylation sites is 1. The summed E-state index contributed by atoms with van der Waals surface area (Å²) in [6, 6.07) is 6.90. The molecule has 0 aliphatic rings. The van der Waals surface area contributed by atoms with Crippen LogP contribution in [0.4, 0.5) is 0 Å². The van der Waals surface area contributed by atoms with E-state index in [2.05, 4.69) is 0 Å². The Bertz CT molecular complexity index is 524. The Kier molecular flexibility index (Phi) is 6.88. The van der Waals surface area contributed by atoms with E-state index in [0.29, 0.717) is 17.9 Å². The van der Waals surface area contributed by atoms with Gasteiger partial charge in [0.05, 0.1) is 11.5 Å². The predicted molar refractivity (Wildman–Crippen MR) is 82.1 cm³/mol. The predicted octanol–water partition coefficient (Wildman–Crippen LogP) is 3.68. The number of rotatable bonds is 8. The molecule has 0 heterocycles. The van der Waals surface area contributed by atoms with Gasteiger partial charge < -0.3 is 4.74 Å². The van der Waals surface area contributed by atoms with Crippen molar-refractivity contribution in [3.05, 3.63) is 45.6 Å². The summed E-state index contributed by atoms with van der Waals surface area (Å²) < 4.78 is 5.61. The fraction of sp³-hybridized carbons (Fsp3) is 0.400. The molecule has 1 rings (SSSR count). The summed E-state index contributed by atoms with van der Waals surface area (Å²) in [6.45, 7) is 3.55. The molecule has 1 unspecified atom stereocenters. The number of halogens is 1. The van der Waals surface area contributed by atoms with Crippen molar-refractivity contribution in [3.63, 3.8) is 0 Å². The standard InChI is InChI=1S/C15H18ClNO4/c1-11(16)6-5-9-21-15-8-4-3-7-13(15)10-14(12(2)18)17(19)20/h3-4,7-8,10-11H,5-6,9H2,1-2H3/b14-10-. The summed E-state index contributed by atoms with van der Waals surface area (Å²) in [5.74, 6) is -0.0777. The van der Waals surface area contributed by atoms with Gasteiger partial charge in [-0.1, -0.05) is 18.2 Å². The van der Waals surface area contributed by atoms with E-state index in [1.54, 1.807) is 24.3 Å². The lowest BCUT2D eigenvalue weighted by atomic mass is 10.1. The van der Waals surface area contributed by atoms with Gasteiger partial charge in [0, 0.05) is 23.9 Å². The number of benzene rings is 1. The third kappa shape index (κ3) is 5.95. The van der Waals surface area contributed by atoms with Crippen molar-refractivity contribution in [1.82, 2.24) is 0 Å². The smallest absolute Gasteiger partial charge is 0.312 e. The van der Waals surface area contributed by atoms with Crippen molar-refractivity contribution in [2.45, 2.75) is 32.1 Å². The Labute approximate surface area is 128 Å². The molecule has 0 bridgehead atoms. The lowest BCUT2D eigenvalue weighted by Gasteiger charge is -2.09. The lowest BCUT2D eigenvalue weighted by Crippen LogP contribution is -2.07. The number of allylic oxidation sites excluding steroid dienone is 1. The molecule has 0 aromatic heterocycles. The van der Waals surface area contributed by atoms with E-state index >= 15 is 0 Å². The number of nitrogens with zero attached hydrogens (tertiary/aromatic N) is 1. The maximum atomic E-state index is 11.3. The van der Waals surface area contributed by atoms with Crippen LogP contribution >= 0.6 is 11.6 Å². The van der Waals surface area contributed by atoms with Crippen LogP contribution in [0, 0.1) is 10.1 Å². The van der Waals surface area contributed by atoms with Crippen LogP contribution in [0.15, 0.2) is 30.0 Å². The average Bonchev–Trinajstić information content (AvgIpc) is 2.41. The van der Waals surface area contributed by atoms with E-state index < -0.39 is 16.4 Å². The average molecular weight is 312 g/mol. The van der Waals surface area contributed by atoms with Gasteiger partial charge in [0.15, 0.2) is 0 Å². The molecule has 21 heavy (non-hydrogen) atoms. The number of ether oxygens (including phenoxy) is 1. The summed E-state index contributed by atoms with van der Waals surface area (Å²) in [5.41, 5.74) is 0.0544.